The number of amidine groups is 1. The van der Waals surface area contributed by atoms with Gasteiger partial charge in [0, 0.05) is 12.1 Å². The van der Waals surface area contributed by atoms with Crippen LogP contribution in [0.2, 0.25) is 0 Å². The summed E-state index contributed by atoms with van der Waals surface area (Å²) in [6.07, 6.45) is 0.0136. The number of benzene rings is 2. The van der Waals surface area contributed by atoms with Crippen LogP contribution in [0.4, 0.5) is 0 Å². The zero-order valence-corrected chi connectivity index (χ0v) is 21.7. The standard InChI is InChI=1S/C25H34N6O5S/c1-3-16(2)22(31-37(35,36)15-18-7-5-4-6-8-18)25(34)30-20(13-21(26)32)24(33)29-14-17-9-11-19(12-10-17)23(27)28/h4-12,16,20,22,31H,3,13-15H2,1-2H3,(H2,26,32)(H3,27,28)(H,29,33)(H,30,34). The quantitative estimate of drug-likeness (QED) is 0.152. The van der Waals surface area contributed by atoms with Gasteiger partial charge in [0.15, 0.2) is 0 Å². The van der Waals surface area contributed by atoms with E-state index in [4.69, 9.17) is 16.9 Å². The highest BCUT2D eigenvalue weighted by atomic mass is 32.2. The summed E-state index contributed by atoms with van der Waals surface area (Å²) in [4.78, 5) is 37.6. The maximum atomic E-state index is 13.1. The SMILES string of the molecule is CCC(C)C(NS(=O)(=O)Cc1ccccc1)C(=O)NC(CC(N)=O)C(=O)NCc1ccc(C(=N)N)cc1. The zero-order chi connectivity index (χ0) is 27.6. The van der Waals surface area contributed by atoms with Gasteiger partial charge in [0.2, 0.25) is 27.7 Å². The number of nitrogens with one attached hydrogen (secondary N) is 4. The predicted octanol–water partition coefficient (Wildman–Crippen LogP) is 0.481. The van der Waals surface area contributed by atoms with Crippen LogP contribution in [0.25, 0.3) is 0 Å². The number of rotatable bonds is 14. The molecule has 0 spiro atoms. The van der Waals surface area contributed by atoms with Crippen molar-refractivity contribution >= 4 is 33.6 Å². The first kappa shape index (κ1) is 29.5. The number of nitrogens with two attached hydrogens (primary N) is 2. The summed E-state index contributed by atoms with van der Waals surface area (Å²) in [6.45, 7) is 3.60. The van der Waals surface area contributed by atoms with Crippen LogP contribution in [0, 0.1) is 11.3 Å². The Labute approximate surface area is 216 Å². The van der Waals surface area contributed by atoms with Gasteiger partial charge in [-0.3, -0.25) is 19.8 Å². The fraction of sp³-hybridized carbons (Fsp3) is 0.360. The normalized spacial score (nSPS) is 13.7. The van der Waals surface area contributed by atoms with Crippen LogP contribution in [0.1, 0.15) is 43.4 Å². The molecule has 0 fully saturated rings. The Morgan fingerprint density at radius 2 is 1.57 bits per heavy atom. The number of carbonyl (C=O) groups excluding carboxylic acids is 3. The molecule has 2 rings (SSSR count). The van der Waals surface area contributed by atoms with Gasteiger partial charge >= 0.3 is 0 Å². The summed E-state index contributed by atoms with van der Waals surface area (Å²) in [5, 5.41) is 12.6. The second-order valence-electron chi connectivity index (χ2n) is 8.79. The Morgan fingerprint density at radius 1 is 0.946 bits per heavy atom. The summed E-state index contributed by atoms with van der Waals surface area (Å²) in [6, 6.07) is 12.7. The van der Waals surface area contributed by atoms with E-state index >= 15 is 0 Å². The maximum absolute atomic E-state index is 13.1. The molecule has 0 bridgehead atoms. The Balaban J connectivity index is 2.12. The minimum Gasteiger partial charge on any atom is -0.384 e. The van der Waals surface area contributed by atoms with Gasteiger partial charge in [0.25, 0.3) is 0 Å². The number of nitrogen functional groups attached to an aromatic ring is 1. The average molecular weight is 531 g/mol. The van der Waals surface area contributed by atoms with Crippen molar-refractivity contribution in [3.63, 3.8) is 0 Å². The average Bonchev–Trinajstić information content (AvgIpc) is 2.85. The molecule has 2 aromatic carbocycles. The van der Waals surface area contributed by atoms with Gasteiger partial charge < -0.3 is 22.1 Å². The van der Waals surface area contributed by atoms with Gasteiger partial charge in [-0.25, -0.2) is 13.1 Å². The monoisotopic (exact) mass is 530 g/mol. The largest absolute Gasteiger partial charge is 0.384 e. The van der Waals surface area contributed by atoms with Crippen molar-refractivity contribution in [2.75, 3.05) is 0 Å². The summed E-state index contributed by atoms with van der Waals surface area (Å²) in [5.74, 6) is -3.01. The maximum Gasteiger partial charge on any atom is 0.243 e. The van der Waals surface area contributed by atoms with E-state index in [1.165, 1.54) is 0 Å². The van der Waals surface area contributed by atoms with Crippen molar-refractivity contribution in [3.8, 4) is 0 Å². The third-order valence-electron chi connectivity index (χ3n) is 5.77. The Hall–Kier alpha value is -3.77. The molecule has 11 nitrogen and oxygen atoms in total. The van der Waals surface area contributed by atoms with Crippen LogP contribution >= 0.6 is 0 Å². The lowest BCUT2D eigenvalue weighted by Gasteiger charge is -2.26. The van der Waals surface area contributed by atoms with Crippen molar-refractivity contribution < 1.29 is 22.8 Å². The molecule has 0 saturated carbocycles. The first-order valence-electron chi connectivity index (χ1n) is 11.8. The van der Waals surface area contributed by atoms with Crippen molar-refractivity contribution in [1.82, 2.24) is 15.4 Å². The minimum absolute atomic E-state index is 0.0840. The molecule has 12 heteroatoms. The molecular formula is C25H34N6O5S. The molecule has 0 aromatic heterocycles. The Bertz CT molecular complexity index is 1200. The molecule has 3 unspecified atom stereocenters. The molecule has 0 aliphatic rings. The summed E-state index contributed by atoms with van der Waals surface area (Å²) >= 11 is 0. The number of sulfonamides is 1. The smallest absolute Gasteiger partial charge is 0.243 e. The van der Waals surface area contributed by atoms with Crippen molar-refractivity contribution in [2.24, 2.45) is 17.4 Å². The molecule has 3 amide bonds. The van der Waals surface area contributed by atoms with Crippen LogP contribution in [0.15, 0.2) is 54.6 Å². The highest BCUT2D eigenvalue weighted by Gasteiger charge is 2.32. The first-order valence-corrected chi connectivity index (χ1v) is 13.4. The fourth-order valence-corrected chi connectivity index (χ4v) is 4.92. The fourth-order valence-electron chi connectivity index (χ4n) is 3.48. The van der Waals surface area contributed by atoms with Crippen LogP contribution in [-0.2, 0) is 36.7 Å². The van der Waals surface area contributed by atoms with E-state index in [2.05, 4.69) is 15.4 Å². The van der Waals surface area contributed by atoms with Crippen molar-refractivity contribution in [1.29, 1.82) is 5.41 Å². The van der Waals surface area contributed by atoms with E-state index in [1.807, 2.05) is 0 Å². The van der Waals surface area contributed by atoms with Crippen LogP contribution < -0.4 is 26.8 Å². The molecule has 2 aromatic rings. The lowest BCUT2D eigenvalue weighted by molar-refractivity contribution is -0.132. The molecule has 0 heterocycles. The van der Waals surface area contributed by atoms with E-state index in [9.17, 15) is 22.8 Å². The predicted molar refractivity (Wildman–Crippen MR) is 140 cm³/mol. The van der Waals surface area contributed by atoms with E-state index < -0.39 is 52.2 Å². The second-order valence-corrected chi connectivity index (χ2v) is 10.5. The van der Waals surface area contributed by atoms with Gasteiger partial charge in [0.05, 0.1) is 12.2 Å². The van der Waals surface area contributed by atoms with E-state index in [1.54, 1.807) is 68.4 Å². The molecule has 37 heavy (non-hydrogen) atoms. The molecule has 0 aliphatic heterocycles. The van der Waals surface area contributed by atoms with Crippen LogP contribution in [0.3, 0.4) is 0 Å². The van der Waals surface area contributed by atoms with Gasteiger partial charge in [-0.2, -0.15) is 0 Å². The van der Waals surface area contributed by atoms with E-state index in [0.717, 1.165) is 0 Å². The second kappa shape index (κ2) is 13.5. The number of primary amides is 1. The molecule has 200 valence electrons. The molecule has 3 atom stereocenters. The van der Waals surface area contributed by atoms with E-state index in [-0.39, 0.29) is 18.1 Å². The summed E-state index contributed by atoms with van der Waals surface area (Å²) in [7, 11) is -3.90. The van der Waals surface area contributed by atoms with Crippen LogP contribution in [0.5, 0.6) is 0 Å². The van der Waals surface area contributed by atoms with Crippen LogP contribution in [-0.4, -0.2) is 44.1 Å². The highest BCUT2D eigenvalue weighted by molar-refractivity contribution is 7.88. The van der Waals surface area contributed by atoms with Gasteiger partial charge in [0.1, 0.15) is 17.9 Å². The Morgan fingerprint density at radius 3 is 2.11 bits per heavy atom. The third-order valence-corrected chi connectivity index (χ3v) is 7.10. The van der Waals surface area contributed by atoms with Gasteiger partial charge in [-0.1, -0.05) is 74.9 Å². The number of hydrogen-bond acceptors (Lipinski definition) is 6. The summed E-state index contributed by atoms with van der Waals surface area (Å²) < 4.78 is 28.0. The number of hydrogen-bond donors (Lipinski definition) is 6. The number of amides is 3. The molecule has 0 aliphatic carbocycles. The van der Waals surface area contributed by atoms with Gasteiger partial charge in [-0.05, 0) is 17.0 Å². The molecule has 0 radical (unpaired) electrons. The molecule has 8 N–H and O–H groups in total. The minimum atomic E-state index is -3.90. The van der Waals surface area contributed by atoms with Crippen molar-refractivity contribution in [2.45, 2.75) is 51.1 Å². The first-order chi connectivity index (χ1) is 17.4. The highest BCUT2D eigenvalue weighted by Crippen LogP contribution is 2.13. The lowest BCUT2D eigenvalue weighted by atomic mass is 9.99. The zero-order valence-electron chi connectivity index (χ0n) is 20.9. The topological polar surface area (TPSA) is 197 Å². The lowest BCUT2D eigenvalue weighted by Crippen LogP contribution is -2.56. The van der Waals surface area contributed by atoms with E-state index in [0.29, 0.717) is 23.1 Å². The molecule has 0 saturated heterocycles. The number of carbonyl (C=O) groups is 3. The molecular weight excluding hydrogens is 496 g/mol. The van der Waals surface area contributed by atoms with Gasteiger partial charge in [-0.15, -0.1) is 0 Å². The van der Waals surface area contributed by atoms with Crippen molar-refractivity contribution in [3.05, 3.63) is 71.3 Å². The Kier molecular flexibility index (Phi) is 10.8. The summed E-state index contributed by atoms with van der Waals surface area (Å²) in [5.41, 5.74) is 12.5. The third kappa shape index (κ3) is 9.66.